The molecule has 0 bridgehead atoms. The summed E-state index contributed by atoms with van der Waals surface area (Å²) in [5, 5.41) is 11.5. The predicted molar refractivity (Wildman–Crippen MR) is 75.7 cm³/mol. The van der Waals surface area contributed by atoms with Crippen LogP contribution in [0.25, 0.3) is 0 Å². The molecule has 0 saturated carbocycles. The lowest BCUT2D eigenvalue weighted by molar-refractivity contribution is -0.116. The van der Waals surface area contributed by atoms with Crippen molar-refractivity contribution in [1.82, 2.24) is 0 Å². The van der Waals surface area contributed by atoms with Crippen LogP contribution in [0.15, 0.2) is 18.2 Å². The molecule has 1 rings (SSSR count). The van der Waals surface area contributed by atoms with Gasteiger partial charge in [-0.15, -0.1) is 0 Å². The summed E-state index contributed by atoms with van der Waals surface area (Å²) < 4.78 is 21.9. The molecule has 0 aliphatic carbocycles. The highest BCUT2D eigenvalue weighted by atomic mass is 32.2. The van der Waals surface area contributed by atoms with E-state index in [9.17, 15) is 18.0 Å². The van der Waals surface area contributed by atoms with Gasteiger partial charge in [0.25, 0.3) is 0 Å². The van der Waals surface area contributed by atoms with E-state index in [-0.39, 0.29) is 30.1 Å². The van der Waals surface area contributed by atoms with Gasteiger partial charge in [-0.2, -0.15) is 0 Å². The summed E-state index contributed by atoms with van der Waals surface area (Å²) in [6.07, 6.45) is 1.43. The van der Waals surface area contributed by atoms with Crippen LogP contribution in [-0.4, -0.2) is 37.4 Å². The van der Waals surface area contributed by atoms with Crippen molar-refractivity contribution < 1.29 is 23.1 Å². The van der Waals surface area contributed by atoms with Crippen molar-refractivity contribution in [1.29, 1.82) is 0 Å². The van der Waals surface area contributed by atoms with E-state index in [4.69, 9.17) is 5.11 Å². The molecule has 0 aliphatic rings. The number of aryl methyl sites for hydroxylation is 1. The minimum atomic E-state index is -3.08. The number of carbonyl (C=O) groups is 2. The van der Waals surface area contributed by atoms with Gasteiger partial charge in [0.05, 0.1) is 11.3 Å². The molecular weight excluding hydrogens is 282 g/mol. The number of aromatic carboxylic acids is 1. The third kappa shape index (κ3) is 5.40. The highest BCUT2D eigenvalue weighted by Crippen LogP contribution is 2.17. The fraction of sp³-hybridized carbons (Fsp3) is 0.385. The summed E-state index contributed by atoms with van der Waals surface area (Å²) >= 11 is 0. The molecule has 0 heterocycles. The van der Waals surface area contributed by atoms with Gasteiger partial charge < -0.3 is 10.4 Å². The molecule has 6 nitrogen and oxygen atoms in total. The number of carboxylic acids is 1. The fourth-order valence-corrected chi connectivity index (χ4v) is 2.27. The second kappa shape index (κ2) is 6.51. The molecule has 1 amide bonds. The Labute approximate surface area is 117 Å². The summed E-state index contributed by atoms with van der Waals surface area (Å²) in [5.74, 6) is -1.45. The normalized spacial score (nSPS) is 11.1. The number of anilines is 1. The molecular formula is C13H17NO5S. The van der Waals surface area contributed by atoms with Crippen molar-refractivity contribution in [2.45, 2.75) is 19.8 Å². The molecule has 0 saturated heterocycles. The number of hydrogen-bond donors (Lipinski definition) is 2. The average Bonchev–Trinajstić information content (AvgIpc) is 2.30. The molecule has 1 aromatic rings. The number of benzene rings is 1. The summed E-state index contributed by atoms with van der Waals surface area (Å²) in [5.41, 5.74) is 1.25. The number of carboxylic acid groups (broad SMARTS) is 1. The lowest BCUT2D eigenvalue weighted by Crippen LogP contribution is -2.14. The van der Waals surface area contributed by atoms with Crippen molar-refractivity contribution in [2.24, 2.45) is 0 Å². The molecule has 1 aromatic carbocycles. The van der Waals surface area contributed by atoms with E-state index in [1.807, 2.05) is 0 Å². The van der Waals surface area contributed by atoms with Crippen LogP contribution in [0.4, 0.5) is 5.69 Å². The third-order valence-electron chi connectivity index (χ3n) is 2.68. The maximum atomic E-state index is 11.7. The van der Waals surface area contributed by atoms with Gasteiger partial charge in [-0.1, -0.05) is 6.07 Å². The zero-order valence-corrected chi connectivity index (χ0v) is 12.2. The Morgan fingerprint density at radius 1 is 1.30 bits per heavy atom. The molecule has 110 valence electrons. The topological polar surface area (TPSA) is 101 Å². The highest BCUT2D eigenvalue weighted by Gasteiger charge is 2.10. The van der Waals surface area contributed by atoms with E-state index >= 15 is 0 Å². The molecule has 7 heteroatoms. The van der Waals surface area contributed by atoms with Gasteiger partial charge in [-0.05, 0) is 31.0 Å². The number of nitrogens with one attached hydrogen (secondary N) is 1. The van der Waals surface area contributed by atoms with Crippen LogP contribution in [0.1, 0.15) is 28.8 Å². The maximum absolute atomic E-state index is 11.7. The average molecular weight is 299 g/mol. The number of sulfone groups is 1. The van der Waals surface area contributed by atoms with Crippen molar-refractivity contribution in [2.75, 3.05) is 17.3 Å². The summed E-state index contributed by atoms with van der Waals surface area (Å²) in [6, 6.07) is 4.44. The van der Waals surface area contributed by atoms with Crippen LogP contribution < -0.4 is 5.32 Å². The molecule has 0 unspecified atom stereocenters. The Hall–Kier alpha value is -1.89. The molecule has 0 spiro atoms. The lowest BCUT2D eigenvalue weighted by Gasteiger charge is -2.09. The first-order valence-corrected chi connectivity index (χ1v) is 8.06. The Morgan fingerprint density at radius 2 is 1.95 bits per heavy atom. The Balaban J connectivity index is 2.66. The van der Waals surface area contributed by atoms with E-state index in [0.717, 1.165) is 11.8 Å². The molecule has 0 atom stereocenters. The van der Waals surface area contributed by atoms with Gasteiger partial charge in [-0.25, -0.2) is 13.2 Å². The Morgan fingerprint density at radius 3 is 2.50 bits per heavy atom. The van der Waals surface area contributed by atoms with Crippen molar-refractivity contribution in [3.63, 3.8) is 0 Å². The summed E-state index contributed by atoms with van der Waals surface area (Å²) in [7, 11) is -3.08. The fourth-order valence-electron chi connectivity index (χ4n) is 1.60. The van der Waals surface area contributed by atoms with Crippen molar-refractivity contribution in [3.05, 3.63) is 29.3 Å². The maximum Gasteiger partial charge on any atom is 0.335 e. The molecule has 20 heavy (non-hydrogen) atoms. The first-order valence-electron chi connectivity index (χ1n) is 6.00. The first kappa shape index (κ1) is 16.2. The SMILES string of the molecule is Cc1ccc(C(=O)O)cc1NC(=O)CCCS(C)(=O)=O. The lowest BCUT2D eigenvalue weighted by atomic mass is 10.1. The molecule has 0 fully saturated rings. The van der Waals surface area contributed by atoms with E-state index in [0.29, 0.717) is 5.69 Å². The minimum Gasteiger partial charge on any atom is -0.478 e. The number of amides is 1. The van der Waals surface area contributed by atoms with Crippen LogP contribution in [0.3, 0.4) is 0 Å². The highest BCUT2D eigenvalue weighted by molar-refractivity contribution is 7.90. The van der Waals surface area contributed by atoms with Gasteiger partial charge in [0.15, 0.2) is 0 Å². The number of rotatable bonds is 6. The van der Waals surface area contributed by atoms with Crippen LogP contribution in [0, 0.1) is 6.92 Å². The number of carbonyl (C=O) groups excluding carboxylic acids is 1. The molecule has 0 radical (unpaired) electrons. The van der Waals surface area contributed by atoms with Crippen LogP contribution in [0.2, 0.25) is 0 Å². The van der Waals surface area contributed by atoms with Crippen LogP contribution in [0.5, 0.6) is 0 Å². The quantitative estimate of drug-likeness (QED) is 0.828. The van der Waals surface area contributed by atoms with E-state index in [1.54, 1.807) is 13.0 Å². The van der Waals surface area contributed by atoms with Gasteiger partial charge in [0.1, 0.15) is 9.84 Å². The van der Waals surface area contributed by atoms with Crippen molar-refractivity contribution in [3.8, 4) is 0 Å². The second-order valence-corrected chi connectivity index (χ2v) is 6.88. The van der Waals surface area contributed by atoms with Gasteiger partial charge in [0, 0.05) is 18.4 Å². The minimum absolute atomic E-state index is 0.0471. The Kier molecular flexibility index (Phi) is 5.26. The second-order valence-electron chi connectivity index (χ2n) is 4.62. The zero-order chi connectivity index (χ0) is 15.3. The molecule has 2 N–H and O–H groups in total. The number of hydrogen-bond acceptors (Lipinski definition) is 4. The first-order chi connectivity index (χ1) is 9.19. The van der Waals surface area contributed by atoms with Crippen LogP contribution in [-0.2, 0) is 14.6 Å². The van der Waals surface area contributed by atoms with Crippen LogP contribution >= 0.6 is 0 Å². The molecule has 0 aliphatic heterocycles. The van der Waals surface area contributed by atoms with E-state index < -0.39 is 15.8 Å². The largest absolute Gasteiger partial charge is 0.478 e. The zero-order valence-electron chi connectivity index (χ0n) is 11.3. The third-order valence-corrected chi connectivity index (χ3v) is 3.71. The molecule has 0 aromatic heterocycles. The van der Waals surface area contributed by atoms with Gasteiger partial charge in [-0.3, -0.25) is 4.79 Å². The monoisotopic (exact) mass is 299 g/mol. The predicted octanol–water partition coefficient (Wildman–Crippen LogP) is 1.46. The van der Waals surface area contributed by atoms with Crippen molar-refractivity contribution >= 4 is 27.4 Å². The smallest absolute Gasteiger partial charge is 0.335 e. The standard InChI is InChI=1S/C13H17NO5S/c1-9-5-6-10(13(16)17)8-11(9)14-12(15)4-3-7-20(2,18)19/h5-6,8H,3-4,7H2,1-2H3,(H,14,15)(H,16,17). The summed E-state index contributed by atoms with van der Waals surface area (Å²) in [6.45, 7) is 1.75. The summed E-state index contributed by atoms with van der Waals surface area (Å²) in [4.78, 5) is 22.5. The van der Waals surface area contributed by atoms with Gasteiger partial charge in [0.2, 0.25) is 5.91 Å². The van der Waals surface area contributed by atoms with E-state index in [1.165, 1.54) is 12.1 Å². The van der Waals surface area contributed by atoms with Gasteiger partial charge >= 0.3 is 5.97 Å². The van der Waals surface area contributed by atoms with E-state index in [2.05, 4.69) is 5.32 Å². The Bertz CT molecular complexity index is 622.